The van der Waals surface area contributed by atoms with E-state index in [1.54, 1.807) is 0 Å². The smallest absolute Gasteiger partial charge is 0.320 e. The lowest BCUT2D eigenvalue weighted by Crippen LogP contribution is -2.47. The van der Waals surface area contributed by atoms with Crippen molar-refractivity contribution in [2.24, 2.45) is 17.3 Å². The number of esters is 4. The fourth-order valence-corrected chi connectivity index (χ4v) is 3.07. The van der Waals surface area contributed by atoms with Crippen LogP contribution in [-0.2, 0) is 28.7 Å². The Morgan fingerprint density at radius 1 is 0.941 bits per heavy atom. The van der Waals surface area contributed by atoms with Crippen molar-refractivity contribution in [2.45, 2.75) is 25.7 Å². The van der Waals surface area contributed by atoms with Crippen LogP contribution in [0.25, 0.3) is 0 Å². The van der Waals surface area contributed by atoms with E-state index in [1.807, 2.05) is 0 Å². The molecule has 0 N–H and O–H groups in total. The Hall–Kier alpha value is -1.72. The molecule has 0 aromatic carbocycles. The van der Waals surface area contributed by atoms with Crippen LogP contribution in [0.5, 0.6) is 0 Å². The monoisotopic (exact) mass is 238 g/mol. The summed E-state index contributed by atoms with van der Waals surface area (Å²) in [4.78, 5) is 45.8. The molecule has 2 aliphatic heterocycles. The van der Waals surface area contributed by atoms with Gasteiger partial charge in [-0.15, -0.1) is 0 Å². The molecule has 0 radical (unpaired) electrons. The molecule has 0 aromatic heterocycles. The van der Waals surface area contributed by atoms with E-state index in [9.17, 15) is 19.2 Å². The highest BCUT2D eigenvalue weighted by atomic mass is 16.6. The van der Waals surface area contributed by atoms with Gasteiger partial charge in [0.15, 0.2) is 0 Å². The van der Waals surface area contributed by atoms with Crippen molar-refractivity contribution in [2.75, 3.05) is 0 Å². The third-order valence-corrected chi connectivity index (χ3v) is 3.83. The first-order chi connectivity index (χ1) is 8.00. The van der Waals surface area contributed by atoms with Gasteiger partial charge >= 0.3 is 23.9 Å². The Morgan fingerprint density at radius 3 is 2.00 bits per heavy atom. The summed E-state index contributed by atoms with van der Waals surface area (Å²) in [5.41, 5.74) is -0.972. The molecule has 6 heteroatoms. The van der Waals surface area contributed by atoms with E-state index in [0.29, 0.717) is 6.42 Å². The predicted molar refractivity (Wildman–Crippen MR) is 50.1 cm³/mol. The number of rotatable bonds is 0. The first-order valence-electron chi connectivity index (χ1n) is 5.51. The van der Waals surface area contributed by atoms with E-state index in [4.69, 9.17) is 0 Å². The lowest BCUT2D eigenvalue weighted by Gasteiger charge is -2.39. The van der Waals surface area contributed by atoms with Crippen LogP contribution in [0.2, 0.25) is 0 Å². The second-order valence-corrected chi connectivity index (χ2v) is 5.00. The number of cyclic esters (lactones) is 4. The highest BCUT2D eigenvalue weighted by Crippen LogP contribution is 2.50. The number of hydrogen-bond donors (Lipinski definition) is 0. The first kappa shape index (κ1) is 10.4. The first-order valence-corrected chi connectivity index (χ1v) is 5.51. The highest BCUT2D eigenvalue weighted by molar-refractivity contribution is 5.99. The zero-order valence-electron chi connectivity index (χ0n) is 8.93. The normalized spacial score (nSPS) is 40.5. The van der Waals surface area contributed by atoms with Crippen molar-refractivity contribution >= 4 is 23.9 Å². The largest absolute Gasteiger partial charge is 0.393 e. The van der Waals surface area contributed by atoms with Crippen molar-refractivity contribution in [3.63, 3.8) is 0 Å². The quantitative estimate of drug-likeness (QED) is 0.434. The average Bonchev–Trinajstić information content (AvgIpc) is 2.51. The summed E-state index contributed by atoms with van der Waals surface area (Å²) in [5.74, 6) is -3.28. The number of hydrogen-bond acceptors (Lipinski definition) is 6. The number of carbonyl (C=O) groups excluding carboxylic acids is 4. The highest BCUT2D eigenvalue weighted by Gasteiger charge is 2.58. The second-order valence-electron chi connectivity index (χ2n) is 5.00. The van der Waals surface area contributed by atoms with E-state index in [0.717, 1.165) is 0 Å². The Balaban J connectivity index is 1.95. The molecule has 2 atom stereocenters. The summed E-state index contributed by atoms with van der Waals surface area (Å²) in [6.45, 7) is 0. The lowest BCUT2D eigenvalue weighted by molar-refractivity contribution is -0.179. The van der Waals surface area contributed by atoms with Gasteiger partial charge in [-0.1, -0.05) is 0 Å². The maximum Gasteiger partial charge on any atom is 0.320 e. The van der Waals surface area contributed by atoms with Crippen molar-refractivity contribution in [3.05, 3.63) is 0 Å². The number of fused-ring (bicyclic) bond motifs is 2. The molecule has 1 saturated carbocycles. The van der Waals surface area contributed by atoms with Crippen LogP contribution in [0.3, 0.4) is 0 Å². The van der Waals surface area contributed by atoms with Gasteiger partial charge in [0.05, 0.1) is 23.7 Å². The zero-order valence-corrected chi connectivity index (χ0v) is 8.93. The minimum absolute atomic E-state index is 0.0284. The summed E-state index contributed by atoms with van der Waals surface area (Å²) >= 11 is 0. The summed E-state index contributed by atoms with van der Waals surface area (Å²) < 4.78 is 9.15. The third kappa shape index (κ3) is 1.40. The van der Waals surface area contributed by atoms with E-state index < -0.39 is 41.1 Å². The molecular weight excluding hydrogens is 228 g/mol. The predicted octanol–water partition coefficient (Wildman–Crippen LogP) is -0.0540. The molecule has 0 aromatic rings. The molecular formula is C11H10O6. The van der Waals surface area contributed by atoms with Crippen LogP contribution in [0.4, 0.5) is 0 Å². The molecule has 3 fully saturated rings. The van der Waals surface area contributed by atoms with Crippen molar-refractivity contribution < 1.29 is 28.7 Å². The van der Waals surface area contributed by atoms with Crippen LogP contribution in [0.1, 0.15) is 25.7 Å². The van der Waals surface area contributed by atoms with Gasteiger partial charge in [0, 0.05) is 0 Å². The van der Waals surface area contributed by atoms with Crippen molar-refractivity contribution in [1.29, 1.82) is 0 Å². The van der Waals surface area contributed by atoms with Crippen LogP contribution in [-0.4, -0.2) is 23.9 Å². The molecule has 3 rings (SSSR count). The van der Waals surface area contributed by atoms with Gasteiger partial charge in [-0.2, -0.15) is 0 Å². The molecule has 2 saturated heterocycles. The molecule has 0 amide bonds. The summed E-state index contributed by atoms with van der Waals surface area (Å²) in [6, 6.07) is 0. The maximum atomic E-state index is 11.7. The third-order valence-electron chi connectivity index (χ3n) is 3.83. The minimum Gasteiger partial charge on any atom is -0.393 e. The Labute approximate surface area is 96.2 Å². The van der Waals surface area contributed by atoms with E-state index in [2.05, 4.69) is 9.47 Å². The van der Waals surface area contributed by atoms with Crippen LogP contribution < -0.4 is 0 Å². The van der Waals surface area contributed by atoms with Gasteiger partial charge in [0.25, 0.3) is 0 Å². The van der Waals surface area contributed by atoms with Gasteiger partial charge in [0.1, 0.15) is 0 Å². The Kier molecular flexibility index (Phi) is 1.93. The van der Waals surface area contributed by atoms with Crippen LogP contribution in [0.15, 0.2) is 0 Å². The molecule has 17 heavy (non-hydrogen) atoms. The molecule has 6 nitrogen and oxygen atoms in total. The summed E-state index contributed by atoms with van der Waals surface area (Å²) in [7, 11) is 0. The van der Waals surface area contributed by atoms with Crippen LogP contribution in [0, 0.1) is 17.3 Å². The Bertz CT molecular complexity index is 429. The van der Waals surface area contributed by atoms with Gasteiger partial charge in [0.2, 0.25) is 0 Å². The van der Waals surface area contributed by atoms with Crippen molar-refractivity contribution in [1.82, 2.24) is 0 Å². The van der Waals surface area contributed by atoms with Crippen molar-refractivity contribution in [3.8, 4) is 0 Å². The maximum absolute atomic E-state index is 11.7. The molecule has 3 aliphatic rings. The SMILES string of the molecule is O=C1CC2(CC3CC(C2)C(=O)OC3=O)C(=O)O1. The van der Waals surface area contributed by atoms with E-state index >= 15 is 0 Å². The second kappa shape index (κ2) is 3.15. The Morgan fingerprint density at radius 2 is 1.53 bits per heavy atom. The van der Waals surface area contributed by atoms with E-state index in [1.165, 1.54) is 0 Å². The van der Waals surface area contributed by atoms with Gasteiger partial charge in [-0.3, -0.25) is 19.2 Å². The fourth-order valence-electron chi connectivity index (χ4n) is 3.07. The van der Waals surface area contributed by atoms with Gasteiger partial charge in [-0.25, -0.2) is 0 Å². The fraction of sp³-hybridized carbons (Fsp3) is 0.636. The number of ether oxygens (including phenoxy) is 2. The zero-order chi connectivity index (χ0) is 12.2. The van der Waals surface area contributed by atoms with E-state index in [-0.39, 0.29) is 19.3 Å². The molecule has 1 aliphatic carbocycles. The minimum atomic E-state index is -0.972. The topological polar surface area (TPSA) is 86.7 Å². The van der Waals surface area contributed by atoms with Gasteiger partial charge in [-0.05, 0) is 19.3 Å². The number of carbonyl (C=O) groups is 4. The molecule has 2 unspecified atom stereocenters. The summed E-state index contributed by atoms with van der Waals surface area (Å²) in [6.07, 6.45) is 0.890. The molecule has 1 spiro atoms. The standard InChI is InChI=1S/C11H10O6/c12-7-4-11(10(15)16-7)2-5-1-6(3-11)9(14)17-8(5)13/h5-6H,1-4H2. The lowest BCUT2D eigenvalue weighted by atomic mass is 9.64. The summed E-state index contributed by atoms with van der Waals surface area (Å²) in [5, 5.41) is 0. The van der Waals surface area contributed by atoms with Crippen LogP contribution >= 0.6 is 0 Å². The average molecular weight is 238 g/mol. The molecule has 2 heterocycles. The molecule has 2 bridgehead atoms. The molecule has 90 valence electrons. The van der Waals surface area contributed by atoms with Gasteiger partial charge < -0.3 is 9.47 Å².